The van der Waals surface area contributed by atoms with E-state index in [-0.39, 0.29) is 12.0 Å². The number of carboxylic acid groups (broad SMARTS) is 1. The number of aliphatic carboxylic acids is 1. The lowest BCUT2D eigenvalue weighted by Crippen LogP contribution is -2.43. The Morgan fingerprint density at radius 1 is 1.40 bits per heavy atom. The number of thiocarbonyl (C=S) groups is 1. The zero-order chi connectivity index (χ0) is 14.7. The number of rotatable bonds is 4. The summed E-state index contributed by atoms with van der Waals surface area (Å²) >= 11 is 5.24. The number of aryl methyl sites for hydroxylation is 1. The van der Waals surface area contributed by atoms with E-state index in [2.05, 4.69) is 4.90 Å². The molecule has 20 heavy (non-hydrogen) atoms. The van der Waals surface area contributed by atoms with Crippen molar-refractivity contribution in [3.8, 4) is 0 Å². The molecule has 1 unspecified atom stereocenters. The third-order valence-electron chi connectivity index (χ3n) is 4.00. The number of hydrogen-bond donors (Lipinski definition) is 2. The maximum absolute atomic E-state index is 11.0. The lowest BCUT2D eigenvalue weighted by molar-refractivity contribution is -0.143. The van der Waals surface area contributed by atoms with Crippen molar-refractivity contribution in [1.29, 1.82) is 0 Å². The Morgan fingerprint density at radius 3 is 2.50 bits per heavy atom. The highest BCUT2D eigenvalue weighted by Crippen LogP contribution is 2.29. The average molecular weight is 292 g/mol. The molecule has 108 valence electrons. The summed E-state index contributed by atoms with van der Waals surface area (Å²) in [5.41, 5.74) is 8.21. The lowest BCUT2D eigenvalue weighted by Gasteiger charge is -2.36. The molecule has 1 aromatic carbocycles. The summed E-state index contributed by atoms with van der Waals surface area (Å²) < 4.78 is 0. The Morgan fingerprint density at radius 2 is 2.00 bits per heavy atom. The lowest BCUT2D eigenvalue weighted by atomic mass is 9.93. The van der Waals surface area contributed by atoms with Crippen molar-refractivity contribution in [3.63, 3.8) is 0 Å². The second-order valence-corrected chi connectivity index (χ2v) is 5.78. The van der Waals surface area contributed by atoms with Gasteiger partial charge in [0.2, 0.25) is 0 Å². The summed E-state index contributed by atoms with van der Waals surface area (Å²) in [6.07, 6.45) is 1.31. The van der Waals surface area contributed by atoms with Crippen molar-refractivity contribution in [1.82, 2.24) is 4.90 Å². The number of likely N-dealkylation sites (tertiary alicyclic amines) is 1. The predicted molar refractivity (Wildman–Crippen MR) is 82.6 cm³/mol. The van der Waals surface area contributed by atoms with Crippen LogP contribution in [0, 0.1) is 12.8 Å². The molecule has 1 aliphatic heterocycles. The van der Waals surface area contributed by atoms with E-state index in [9.17, 15) is 4.79 Å². The molecule has 0 aromatic heterocycles. The monoisotopic (exact) mass is 292 g/mol. The number of nitrogens with two attached hydrogens (primary N) is 1. The van der Waals surface area contributed by atoms with Gasteiger partial charge in [-0.1, -0.05) is 36.5 Å². The summed E-state index contributed by atoms with van der Waals surface area (Å²) in [5, 5.41) is 9.06. The molecule has 4 nitrogen and oxygen atoms in total. The predicted octanol–water partition coefficient (Wildman–Crippen LogP) is 2.12. The van der Waals surface area contributed by atoms with E-state index >= 15 is 0 Å². The molecule has 0 radical (unpaired) electrons. The van der Waals surface area contributed by atoms with Crippen molar-refractivity contribution in [2.75, 3.05) is 13.1 Å². The summed E-state index contributed by atoms with van der Waals surface area (Å²) in [6.45, 7) is 3.48. The number of carboxylic acids is 1. The standard InChI is InChI=1S/C15H20N2O2S/c1-10-4-2-3-5-12(10)13(14(16)20)17-8-6-11(7-9-17)15(18)19/h2-5,11,13H,6-9H2,1H3,(H2,16,20)(H,18,19). The zero-order valence-corrected chi connectivity index (χ0v) is 12.4. The van der Waals surface area contributed by atoms with Gasteiger partial charge in [-0.25, -0.2) is 0 Å². The number of nitrogens with zero attached hydrogens (tertiary/aromatic N) is 1. The average Bonchev–Trinajstić information content (AvgIpc) is 2.41. The summed E-state index contributed by atoms with van der Waals surface area (Å²) in [4.78, 5) is 13.7. The summed E-state index contributed by atoms with van der Waals surface area (Å²) in [7, 11) is 0. The molecule has 1 heterocycles. The first-order chi connectivity index (χ1) is 9.50. The van der Waals surface area contributed by atoms with Gasteiger partial charge in [0.1, 0.15) is 0 Å². The van der Waals surface area contributed by atoms with Crippen LogP contribution in [0.4, 0.5) is 0 Å². The first-order valence-electron chi connectivity index (χ1n) is 6.82. The Labute approximate surface area is 124 Å². The van der Waals surface area contributed by atoms with Crippen molar-refractivity contribution < 1.29 is 9.90 Å². The van der Waals surface area contributed by atoms with Crippen LogP contribution in [0.25, 0.3) is 0 Å². The molecule has 1 saturated heterocycles. The van der Waals surface area contributed by atoms with E-state index in [0.29, 0.717) is 30.9 Å². The van der Waals surface area contributed by atoms with Gasteiger partial charge in [0.25, 0.3) is 0 Å². The van der Waals surface area contributed by atoms with Crippen LogP contribution >= 0.6 is 12.2 Å². The van der Waals surface area contributed by atoms with E-state index in [1.54, 1.807) is 0 Å². The highest BCUT2D eigenvalue weighted by Gasteiger charge is 2.31. The van der Waals surface area contributed by atoms with Crippen LogP contribution in [-0.2, 0) is 4.79 Å². The van der Waals surface area contributed by atoms with Crippen molar-refractivity contribution in [2.24, 2.45) is 11.7 Å². The van der Waals surface area contributed by atoms with Gasteiger partial charge in [0, 0.05) is 0 Å². The van der Waals surface area contributed by atoms with Gasteiger partial charge in [-0.05, 0) is 44.0 Å². The smallest absolute Gasteiger partial charge is 0.306 e. The van der Waals surface area contributed by atoms with Crippen molar-refractivity contribution in [3.05, 3.63) is 35.4 Å². The summed E-state index contributed by atoms with van der Waals surface area (Å²) in [5.74, 6) is -0.942. The Hall–Kier alpha value is -1.46. The minimum atomic E-state index is -0.701. The van der Waals surface area contributed by atoms with Crippen LogP contribution in [0.5, 0.6) is 0 Å². The van der Waals surface area contributed by atoms with Crippen molar-refractivity contribution in [2.45, 2.75) is 25.8 Å². The number of piperidine rings is 1. The molecular formula is C15H20N2O2S. The fourth-order valence-corrected chi connectivity index (χ4v) is 3.10. The van der Waals surface area contributed by atoms with Crippen LogP contribution in [0.2, 0.25) is 0 Å². The maximum atomic E-state index is 11.0. The van der Waals surface area contributed by atoms with Gasteiger partial charge in [-0.15, -0.1) is 0 Å². The fourth-order valence-electron chi connectivity index (χ4n) is 2.83. The quantitative estimate of drug-likeness (QED) is 0.832. The molecular weight excluding hydrogens is 272 g/mol. The van der Waals surface area contributed by atoms with E-state index < -0.39 is 5.97 Å². The molecule has 0 spiro atoms. The molecule has 0 amide bonds. The molecule has 3 N–H and O–H groups in total. The molecule has 2 rings (SSSR count). The molecule has 1 aromatic rings. The van der Waals surface area contributed by atoms with Crippen LogP contribution in [-0.4, -0.2) is 34.1 Å². The zero-order valence-electron chi connectivity index (χ0n) is 11.6. The fraction of sp³-hybridized carbons (Fsp3) is 0.467. The second-order valence-electron chi connectivity index (χ2n) is 5.31. The van der Waals surface area contributed by atoms with Gasteiger partial charge in [0.15, 0.2) is 0 Å². The highest BCUT2D eigenvalue weighted by atomic mass is 32.1. The third-order valence-corrected chi connectivity index (χ3v) is 4.22. The molecule has 0 bridgehead atoms. The minimum Gasteiger partial charge on any atom is -0.481 e. The van der Waals surface area contributed by atoms with Crippen LogP contribution < -0.4 is 5.73 Å². The number of carbonyl (C=O) groups is 1. The van der Waals surface area contributed by atoms with E-state index in [0.717, 1.165) is 11.1 Å². The van der Waals surface area contributed by atoms with Crippen LogP contribution in [0.15, 0.2) is 24.3 Å². The number of hydrogen-bond acceptors (Lipinski definition) is 3. The van der Waals surface area contributed by atoms with Gasteiger partial charge >= 0.3 is 5.97 Å². The normalized spacial score (nSPS) is 18.6. The van der Waals surface area contributed by atoms with Gasteiger partial charge in [-0.2, -0.15) is 0 Å². The van der Waals surface area contributed by atoms with Gasteiger partial charge in [-0.3, -0.25) is 9.69 Å². The summed E-state index contributed by atoms with van der Waals surface area (Å²) in [6, 6.07) is 7.97. The Balaban J connectivity index is 2.18. The van der Waals surface area contributed by atoms with Crippen LogP contribution in [0.1, 0.15) is 30.0 Å². The largest absolute Gasteiger partial charge is 0.481 e. The number of benzene rings is 1. The third kappa shape index (κ3) is 3.16. The van der Waals surface area contributed by atoms with Gasteiger partial charge < -0.3 is 10.8 Å². The molecule has 1 fully saturated rings. The molecule has 0 aliphatic carbocycles. The molecule has 0 saturated carbocycles. The van der Waals surface area contributed by atoms with E-state index in [4.69, 9.17) is 23.1 Å². The maximum Gasteiger partial charge on any atom is 0.306 e. The molecule has 1 aliphatic rings. The Kier molecular flexibility index (Phi) is 4.73. The molecule has 1 atom stereocenters. The van der Waals surface area contributed by atoms with Gasteiger partial charge in [0.05, 0.1) is 16.9 Å². The van der Waals surface area contributed by atoms with Crippen LogP contribution in [0.3, 0.4) is 0 Å². The van der Waals surface area contributed by atoms with E-state index in [1.165, 1.54) is 0 Å². The minimum absolute atomic E-state index is 0.0963. The first-order valence-corrected chi connectivity index (χ1v) is 7.23. The highest BCUT2D eigenvalue weighted by molar-refractivity contribution is 7.80. The first kappa shape index (κ1) is 14.9. The van der Waals surface area contributed by atoms with E-state index in [1.807, 2.05) is 31.2 Å². The Bertz CT molecular complexity index is 510. The second kappa shape index (κ2) is 6.33. The van der Waals surface area contributed by atoms with Crippen molar-refractivity contribution >= 4 is 23.2 Å². The SMILES string of the molecule is Cc1ccccc1C(C(N)=S)N1CCC(C(=O)O)CC1. The topological polar surface area (TPSA) is 66.6 Å². The molecule has 5 heteroatoms.